The summed E-state index contributed by atoms with van der Waals surface area (Å²) in [5, 5.41) is 3.95. The molecule has 2 aromatic carbocycles. The predicted octanol–water partition coefficient (Wildman–Crippen LogP) is 4.23. The summed E-state index contributed by atoms with van der Waals surface area (Å²) in [6.07, 6.45) is 1.51. The van der Waals surface area contributed by atoms with Gasteiger partial charge in [0, 0.05) is 42.6 Å². The highest BCUT2D eigenvalue weighted by atomic mass is 35.5. The van der Waals surface area contributed by atoms with E-state index in [1.54, 1.807) is 12.1 Å². The van der Waals surface area contributed by atoms with Crippen molar-refractivity contribution in [3.05, 3.63) is 65.2 Å². The molecule has 8 heteroatoms. The zero-order chi connectivity index (χ0) is 20.4. The normalized spacial score (nSPS) is 14.2. The summed E-state index contributed by atoms with van der Waals surface area (Å²) in [7, 11) is 0. The van der Waals surface area contributed by atoms with Crippen molar-refractivity contribution in [2.24, 2.45) is 0 Å². The van der Waals surface area contributed by atoms with Gasteiger partial charge >= 0.3 is 0 Å². The Morgan fingerprint density at radius 1 is 1.00 bits per heavy atom. The Morgan fingerprint density at radius 2 is 1.69 bits per heavy atom. The van der Waals surface area contributed by atoms with Crippen LogP contribution in [-0.4, -0.2) is 36.1 Å². The molecule has 1 aliphatic rings. The Balaban J connectivity index is 1.49. The van der Waals surface area contributed by atoms with E-state index in [9.17, 15) is 4.39 Å². The molecule has 0 unspecified atom stereocenters. The molecule has 0 radical (unpaired) electrons. The molecule has 2 heterocycles. The molecule has 0 atom stereocenters. The van der Waals surface area contributed by atoms with Gasteiger partial charge in [-0.25, -0.2) is 14.4 Å². The minimum atomic E-state index is -0.226. The maximum atomic E-state index is 13.2. The van der Waals surface area contributed by atoms with Crippen LogP contribution in [0.3, 0.4) is 0 Å². The predicted molar refractivity (Wildman–Crippen MR) is 117 cm³/mol. The molecule has 0 aliphatic carbocycles. The number of anilines is 5. The van der Waals surface area contributed by atoms with Gasteiger partial charge in [-0.05, 0) is 48.9 Å². The van der Waals surface area contributed by atoms with E-state index in [0.717, 1.165) is 43.1 Å². The van der Waals surface area contributed by atoms with Crippen molar-refractivity contribution in [1.82, 2.24) is 9.97 Å². The van der Waals surface area contributed by atoms with Crippen LogP contribution >= 0.6 is 11.6 Å². The van der Waals surface area contributed by atoms with Crippen LogP contribution in [0.5, 0.6) is 0 Å². The molecule has 1 aliphatic heterocycles. The molecular weight excluding hydrogens is 391 g/mol. The molecule has 0 saturated carbocycles. The lowest BCUT2D eigenvalue weighted by Crippen LogP contribution is -2.47. The Bertz CT molecular complexity index is 1000. The zero-order valence-corrected chi connectivity index (χ0v) is 16.8. The number of hydrogen-bond donors (Lipinski definition) is 2. The van der Waals surface area contributed by atoms with Crippen molar-refractivity contribution < 1.29 is 4.39 Å². The number of nitrogen functional groups attached to an aromatic ring is 1. The third-order valence-electron chi connectivity index (χ3n) is 5.15. The standard InChI is InChI=1S/C21H22ClFN6/c1-14-17(22)3-2-4-18(14)27-20-19(24)21(26-13-25-20)29-11-9-28(10-12-29)16-7-5-15(23)6-8-16/h2-8,13H,9-12,24H2,1H3,(H,25,26,27). The van der Waals surface area contributed by atoms with Gasteiger partial charge in [0.15, 0.2) is 11.6 Å². The van der Waals surface area contributed by atoms with Crippen molar-refractivity contribution in [2.45, 2.75) is 6.92 Å². The number of nitrogens with two attached hydrogens (primary N) is 1. The minimum Gasteiger partial charge on any atom is -0.393 e. The van der Waals surface area contributed by atoms with Gasteiger partial charge in [0.2, 0.25) is 0 Å². The first-order chi connectivity index (χ1) is 14.0. The van der Waals surface area contributed by atoms with Gasteiger partial charge in [0.1, 0.15) is 17.8 Å². The smallest absolute Gasteiger partial charge is 0.159 e. The summed E-state index contributed by atoms with van der Waals surface area (Å²) in [6.45, 7) is 5.05. The topological polar surface area (TPSA) is 70.3 Å². The van der Waals surface area contributed by atoms with E-state index in [2.05, 4.69) is 25.1 Å². The van der Waals surface area contributed by atoms with Crippen LogP contribution in [0.1, 0.15) is 5.56 Å². The highest BCUT2D eigenvalue weighted by Gasteiger charge is 2.22. The quantitative estimate of drug-likeness (QED) is 0.668. The molecule has 1 fully saturated rings. The summed E-state index contributed by atoms with van der Waals surface area (Å²) in [5.41, 5.74) is 9.70. The second-order valence-electron chi connectivity index (χ2n) is 6.95. The molecule has 0 amide bonds. The Kier molecular flexibility index (Phi) is 5.40. The number of hydrogen-bond acceptors (Lipinski definition) is 6. The molecular formula is C21H22ClFN6. The van der Waals surface area contributed by atoms with Crippen LogP contribution in [0.4, 0.5) is 33.1 Å². The van der Waals surface area contributed by atoms with Gasteiger partial charge < -0.3 is 20.9 Å². The Labute approximate surface area is 174 Å². The van der Waals surface area contributed by atoms with Crippen molar-refractivity contribution in [3.63, 3.8) is 0 Å². The summed E-state index contributed by atoms with van der Waals surface area (Å²) >= 11 is 6.21. The Morgan fingerprint density at radius 3 is 2.41 bits per heavy atom. The largest absolute Gasteiger partial charge is 0.393 e. The summed E-state index contributed by atoms with van der Waals surface area (Å²) in [5.74, 6) is 1.04. The van der Waals surface area contributed by atoms with Crippen LogP contribution in [0.15, 0.2) is 48.8 Å². The van der Waals surface area contributed by atoms with E-state index in [-0.39, 0.29) is 5.82 Å². The lowest BCUT2D eigenvalue weighted by atomic mass is 10.2. The maximum absolute atomic E-state index is 13.2. The van der Waals surface area contributed by atoms with E-state index in [1.165, 1.54) is 18.5 Å². The van der Waals surface area contributed by atoms with E-state index < -0.39 is 0 Å². The number of nitrogens with one attached hydrogen (secondary N) is 1. The van der Waals surface area contributed by atoms with Gasteiger partial charge in [0.05, 0.1) is 0 Å². The van der Waals surface area contributed by atoms with E-state index in [1.807, 2.05) is 25.1 Å². The SMILES string of the molecule is Cc1c(Cl)cccc1Nc1ncnc(N2CCN(c3ccc(F)cc3)CC2)c1N. The lowest BCUT2D eigenvalue weighted by Gasteiger charge is -2.37. The van der Waals surface area contributed by atoms with Gasteiger partial charge in [0.25, 0.3) is 0 Å². The maximum Gasteiger partial charge on any atom is 0.159 e. The molecule has 150 valence electrons. The number of piperazine rings is 1. The third-order valence-corrected chi connectivity index (χ3v) is 5.56. The summed E-state index contributed by atoms with van der Waals surface area (Å²) in [6, 6.07) is 12.2. The third kappa shape index (κ3) is 4.05. The molecule has 1 saturated heterocycles. The average Bonchev–Trinajstić information content (AvgIpc) is 2.74. The highest BCUT2D eigenvalue weighted by molar-refractivity contribution is 6.31. The van der Waals surface area contributed by atoms with Crippen LogP contribution < -0.4 is 20.9 Å². The Hall–Kier alpha value is -3.06. The monoisotopic (exact) mass is 412 g/mol. The van der Waals surface area contributed by atoms with Gasteiger partial charge in [-0.3, -0.25) is 0 Å². The fourth-order valence-electron chi connectivity index (χ4n) is 3.44. The number of aromatic nitrogens is 2. The second kappa shape index (κ2) is 8.13. The molecule has 1 aromatic heterocycles. The van der Waals surface area contributed by atoms with Crippen molar-refractivity contribution >= 4 is 40.3 Å². The molecule has 29 heavy (non-hydrogen) atoms. The molecule has 3 aromatic rings. The molecule has 3 N–H and O–H groups in total. The van der Waals surface area contributed by atoms with Crippen LogP contribution in [-0.2, 0) is 0 Å². The van der Waals surface area contributed by atoms with Gasteiger partial charge in [-0.2, -0.15) is 0 Å². The lowest BCUT2D eigenvalue weighted by molar-refractivity contribution is 0.624. The molecule has 0 bridgehead atoms. The summed E-state index contributed by atoms with van der Waals surface area (Å²) in [4.78, 5) is 13.1. The number of rotatable bonds is 4. The fourth-order valence-corrected chi connectivity index (χ4v) is 3.61. The first-order valence-electron chi connectivity index (χ1n) is 9.41. The van der Waals surface area contributed by atoms with E-state index in [0.29, 0.717) is 22.3 Å². The number of halogens is 2. The molecule has 6 nitrogen and oxygen atoms in total. The molecule has 0 spiro atoms. The van der Waals surface area contributed by atoms with Gasteiger partial charge in [-0.1, -0.05) is 17.7 Å². The number of nitrogens with zero attached hydrogens (tertiary/aromatic N) is 4. The van der Waals surface area contributed by atoms with Crippen molar-refractivity contribution in [1.29, 1.82) is 0 Å². The molecule has 4 rings (SSSR count). The second-order valence-corrected chi connectivity index (χ2v) is 7.35. The summed E-state index contributed by atoms with van der Waals surface area (Å²) < 4.78 is 13.2. The highest BCUT2D eigenvalue weighted by Crippen LogP contribution is 2.32. The van der Waals surface area contributed by atoms with Crippen LogP contribution in [0.25, 0.3) is 0 Å². The van der Waals surface area contributed by atoms with Crippen LogP contribution in [0.2, 0.25) is 5.02 Å². The minimum absolute atomic E-state index is 0.226. The van der Waals surface area contributed by atoms with Gasteiger partial charge in [-0.15, -0.1) is 0 Å². The first-order valence-corrected chi connectivity index (χ1v) is 9.79. The van der Waals surface area contributed by atoms with E-state index in [4.69, 9.17) is 17.3 Å². The first kappa shape index (κ1) is 19.3. The van der Waals surface area contributed by atoms with Crippen molar-refractivity contribution in [2.75, 3.05) is 47.0 Å². The zero-order valence-electron chi connectivity index (χ0n) is 16.1. The van der Waals surface area contributed by atoms with E-state index >= 15 is 0 Å². The fraction of sp³-hybridized carbons (Fsp3) is 0.238. The van der Waals surface area contributed by atoms with Crippen LogP contribution in [0, 0.1) is 12.7 Å². The average molecular weight is 413 g/mol. The van der Waals surface area contributed by atoms with Crippen molar-refractivity contribution in [3.8, 4) is 0 Å². The number of benzene rings is 2.